The molecule has 2 aromatic heterocycles. The highest BCUT2D eigenvalue weighted by molar-refractivity contribution is 6.30. The van der Waals surface area contributed by atoms with E-state index >= 15 is 0 Å². The molecule has 4 aromatic rings. The summed E-state index contributed by atoms with van der Waals surface area (Å²) in [7, 11) is 0. The van der Waals surface area contributed by atoms with Crippen LogP contribution in [0.5, 0.6) is 0 Å². The number of hydrogen-bond donors (Lipinski definition) is 1. The van der Waals surface area contributed by atoms with Crippen LogP contribution in [-0.4, -0.2) is 14.4 Å². The molecule has 0 aliphatic carbocycles. The van der Waals surface area contributed by atoms with E-state index in [0.717, 1.165) is 29.2 Å². The Balaban J connectivity index is 1.91. The Hall–Kier alpha value is -2.85. The SMILES string of the molecule is CCc1cccc(C)c1Nc1c(-c2ccc(Cl)cc2)nc2ncccn12. The molecule has 0 amide bonds. The molecule has 0 spiro atoms. The van der Waals surface area contributed by atoms with Crippen molar-refractivity contribution in [3.8, 4) is 11.3 Å². The van der Waals surface area contributed by atoms with Crippen molar-refractivity contribution in [3.05, 3.63) is 77.1 Å². The van der Waals surface area contributed by atoms with E-state index in [2.05, 4.69) is 42.3 Å². The highest BCUT2D eigenvalue weighted by Gasteiger charge is 2.16. The molecule has 26 heavy (non-hydrogen) atoms. The van der Waals surface area contributed by atoms with Crippen molar-refractivity contribution >= 4 is 28.9 Å². The Bertz CT molecular complexity index is 1070. The summed E-state index contributed by atoms with van der Waals surface area (Å²) in [6.07, 6.45) is 4.68. The largest absolute Gasteiger partial charge is 0.339 e. The molecule has 5 heteroatoms. The standard InChI is InChI=1S/C21H19ClN4/c1-3-15-7-4-6-14(2)18(15)24-20-19(16-8-10-17(22)11-9-16)25-21-23-12-5-13-26(20)21/h4-13,24H,3H2,1-2H3. The summed E-state index contributed by atoms with van der Waals surface area (Å²) in [6.45, 7) is 4.28. The number of fused-ring (bicyclic) bond motifs is 1. The van der Waals surface area contributed by atoms with Crippen molar-refractivity contribution in [3.63, 3.8) is 0 Å². The van der Waals surface area contributed by atoms with Gasteiger partial charge in [0.05, 0.1) is 0 Å². The van der Waals surface area contributed by atoms with Gasteiger partial charge in [-0.05, 0) is 42.7 Å². The first kappa shape index (κ1) is 16.6. The minimum atomic E-state index is 0.659. The maximum absolute atomic E-state index is 6.05. The number of aryl methyl sites for hydroxylation is 2. The molecule has 1 N–H and O–H groups in total. The zero-order chi connectivity index (χ0) is 18.1. The van der Waals surface area contributed by atoms with Gasteiger partial charge < -0.3 is 5.32 Å². The summed E-state index contributed by atoms with van der Waals surface area (Å²) in [5.74, 6) is 1.56. The lowest BCUT2D eigenvalue weighted by Crippen LogP contribution is -2.02. The Morgan fingerprint density at radius 1 is 1.08 bits per heavy atom. The second-order valence-corrected chi connectivity index (χ2v) is 6.63. The predicted molar refractivity (Wildman–Crippen MR) is 107 cm³/mol. The lowest BCUT2D eigenvalue weighted by molar-refractivity contribution is 1.10. The van der Waals surface area contributed by atoms with Gasteiger partial charge in [0.1, 0.15) is 11.5 Å². The molecule has 0 atom stereocenters. The van der Waals surface area contributed by atoms with Crippen molar-refractivity contribution in [2.24, 2.45) is 0 Å². The van der Waals surface area contributed by atoms with E-state index in [9.17, 15) is 0 Å². The predicted octanol–water partition coefficient (Wildman–Crippen LogP) is 5.66. The number of rotatable bonds is 4. The molecular weight excluding hydrogens is 344 g/mol. The van der Waals surface area contributed by atoms with Crippen LogP contribution >= 0.6 is 11.6 Å². The Morgan fingerprint density at radius 2 is 1.88 bits per heavy atom. The molecule has 0 saturated heterocycles. The summed E-state index contributed by atoms with van der Waals surface area (Å²) in [6, 6.07) is 16.0. The summed E-state index contributed by atoms with van der Waals surface area (Å²) >= 11 is 6.05. The van der Waals surface area contributed by atoms with E-state index in [-0.39, 0.29) is 0 Å². The van der Waals surface area contributed by atoms with Gasteiger partial charge in [-0.25, -0.2) is 9.97 Å². The highest BCUT2D eigenvalue weighted by Crippen LogP contribution is 2.33. The van der Waals surface area contributed by atoms with Gasteiger partial charge >= 0.3 is 0 Å². The molecule has 130 valence electrons. The topological polar surface area (TPSA) is 42.2 Å². The Kier molecular flexibility index (Phi) is 4.35. The zero-order valence-electron chi connectivity index (χ0n) is 14.7. The molecule has 0 saturated carbocycles. The van der Waals surface area contributed by atoms with Crippen molar-refractivity contribution in [1.29, 1.82) is 0 Å². The van der Waals surface area contributed by atoms with Gasteiger partial charge in [-0.3, -0.25) is 4.40 Å². The summed E-state index contributed by atoms with van der Waals surface area (Å²) in [4.78, 5) is 9.14. The summed E-state index contributed by atoms with van der Waals surface area (Å²) in [5, 5.41) is 4.33. The average molecular weight is 363 g/mol. The number of halogens is 1. The third-order valence-electron chi connectivity index (χ3n) is 4.50. The van der Waals surface area contributed by atoms with Crippen LogP contribution in [0.4, 0.5) is 11.5 Å². The lowest BCUT2D eigenvalue weighted by atomic mass is 10.1. The number of para-hydroxylation sites is 1. The van der Waals surface area contributed by atoms with Crippen LogP contribution in [0.15, 0.2) is 60.9 Å². The second-order valence-electron chi connectivity index (χ2n) is 6.19. The molecule has 2 heterocycles. The van der Waals surface area contributed by atoms with E-state index < -0.39 is 0 Å². The van der Waals surface area contributed by atoms with Crippen LogP contribution in [0.3, 0.4) is 0 Å². The number of imidazole rings is 1. The van der Waals surface area contributed by atoms with Gasteiger partial charge in [-0.2, -0.15) is 0 Å². The highest BCUT2D eigenvalue weighted by atomic mass is 35.5. The first-order valence-corrected chi connectivity index (χ1v) is 8.99. The van der Waals surface area contributed by atoms with Crippen LogP contribution in [0.25, 0.3) is 17.0 Å². The minimum absolute atomic E-state index is 0.659. The van der Waals surface area contributed by atoms with Crippen molar-refractivity contribution in [1.82, 2.24) is 14.4 Å². The smallest absolute Gasteiger partial charge is 0.235 e. The number of hydrogen-bond acceptors (Lipinski definition) is 3. The number of nitrogens with zero attached hydrogens (tertiary/aromatic N) is 3. The molecular formula is C21H19ClN4. The van der Waals surface area contributed by atoms with Gasteiger partial charge in [0.2, 0.25) is 5.78 Å². The van der Waals surface area contributed by atoms with E-state index in [1.807, 2.05) is 40.9 Å². The molecule has 0 aliphatic heterocycles. The normalized spacial score (nSPS) is 11.0. The number of anilines is 2. The van der Waals surface area contributed by atoms with Crippen LogP contribution in [0, 0.1) is 6.92 Å². The van der Waals surface area contributed by atoms with E-state index in [0.29, 0.717) is 10.8 Å². The average Bonchev–Trinajstić information content (AvgIpc) is 3.02. The Labute approximate surface area is 157 Å². The van der Waals surface area contributed by atoms with Gasteiger partial charge in [0.25, 0.3) is 0 Å². The molecule has 4 rings (SSSR count). The number of aromatic nitrogens is 3. The van der Waals surface area contributed by atoms with Crippen molar-refractivity contribution < 1.29 is 0 Å². The third-order valence-corrected chi connectivity index (χ3v) is 4.76. The third kappa shape index (κ3) is 2.93. The van der Waals surface area contributed by atoms with Gasteiger partial charge in [-0.15, -0.1) is 0 Å². The van der Waals surface area contributed by atoms with Crippen LogP contribution < -0.4 is 5.32 Å². The number of benzene rings is 2. The first-order valence-electron chi connectivity index (χ1n) is 8.62. The van der Waals surface area contributed by atoms with E-state index in [4.69, 9.17) is 16.6 Å². The molecule has 2 aromatic carbocycles. The molecule has 0 unspecified atom stereocenters. The quantitative estimate of drug-likeness (QED) is 0.509. The fourth-order valence-corrected chi connectivity index (χ4v) is 3.26. The van der Waals surface area contributed by atoms with Crippen LogP contribution in [-0.2, 0) is 6.42 Å². The molecule has 0 aliphatic rings. The number of nitrogens with one attached hydrogen (secondary N) is 1. The molecule has 4 nitrogen and oxygen atoms in total. The fourth-order valence-electron chi connectivity index (χ4n) is 3.14. The molecule has 0 radical (unpaired) electrons. The summed E-state index contributed by atoms with van der Waals surface area (Å²) in [5.41, 5.74) is 5.44. The molecule has 0 bridgehead atoms. The van der Waals surface area contributed by atoms with Crippen molar-refractivity contribution in [2.45, 2.75) is 20.3 Å². The fraction of sp³-hybridized carbons (Fsp3) is 0.143. The lowest BCUT2D eigenvalue weighted by Gasteiger charge is -2.15. The van der Waals surface area contributed by atoms with Crippen LogP contribution in [0.2, 0.25) is 5.02 Å². The van der Waals surface area contributed by atoms with E-state index in [1.165, 1.54) is 11.1 Å². The minimum Gasteiger partial charge on any atom is -0.339 e. The summed E-state index contributed by atoms with van der Waals surface area (Å²) < 4.78 is 1.98. The maximum Gasteiger partial charge on any atom is 0.235 e. The van der Waals surface area contributed by atoms with E-state index in [1.54, 1.807) is 6.20 Å². The Morgan fingerprint density at radius 3 is 2.65 bits per heavy atom. The van der Waals surface area contributed by atoms with Gasteiger partial charge in [0, 0.05) is 28.7 Å². The van der Waals surface area contributed by atoms with Gasteiger partial charge in [0.15, 0.2) is 0 Å². The maximum atomic E-state index is 6.05. The zero-order valence-corrected chi connectivity index (χ0v) is 15.5. The van der Waals surface area contributed by atoms with Crippen molar-refractivity contribution in [2.75, 3.05) is 5.32 Å². The second kappa shape index (κ2) is 6.81. The van der Waals surface area contributed by atoms with Crippen LogP contribution in [0.1, 0.15) is 18.1 Å². The first-order chi connectivity index (χ1) is 12.7. The monoisotopic (exact) mass is 362 g/mol. The van der Waals surface area contributed by atoms with Gasteiger partial charge in [-0.1, -0.05) is 48.9 Å². The molecule has 0 fully saturated rings.